The van der Waals surface area contributed by atoms with Crippen molar-refractivity contribution in [2.24, 2.45) is 5.41 Å². The number of aryl methyl sites for hydroxylation is 1. The van der Waals surface area contributed by atoms with Crippen molar-refractivity contribution < 1.29 is 4.79 Å². The first-order chi connectivity index (χ1) is 13.0. The maximum atomic E-state index is 12.8. The summed E-state index contributed by atoms with van der Waals surface area (Å²) in [6.07, 6.45) is 3.03. The molecule has 2 aliphatic rings. The molecule has 0 unspecified atom stereocenters. The maximum absolute atomic E-state index is 12.8. The van der Waals surface area contributed by atoms with Gasteiger partial charge in [0, 0.05) is 38.4 Å². The van der Waals surface area contributed by atoms with Gasteiger partial charge in [-0.05, 0) is 37.2 Å². The molecule has 2 aromatic rings. The summed E-state index contributed by atoms with van der Waals surface area (Å²) in [5.41, 5.74) is 8.03. The van der Waals surface area contributed by atoms with Crippen LogP contribution in [0.4, 0.5) is 11.8 Å². The summed E-state index contributed by atoms with van der Waals surface area (Å²) >= 11 is 0. The number of piperidine rings is 2. The predicted octanol–water partition coefficient (Wildman–Crippen LogP) is 2.60. The Balaban J connectivity index is 1.52. The molecule has 1 spiro atoms. The predicted molar refractivity (Wildman–Crippen MR) is 106 cm³/mol. The number of anilines is 2. The molecule has 2 N–H and O–H groups in total. The third-order valence-electron chi connectivity index (χ3n) is 6.09. The lowest BCUT2D eigenvalue weighted by atomic mass is 9.68. The molecule has 0 aliphatic carbocycles. The first-order valence-electron chi connectivity index (χ1n) is 9.62. The zero-order chi connectivity index (χ0) is 19.0. The first kappa shape index (κ1) is 17.8. The number of nitrogens with zero attached hydrogens (tertiary/aromatic N) is 4. The van der Waals surface area contributed by atoms with Crippen LogP contribution in [0, 0.1) is 12.3 Å². The van der Waals surface area contributed by atoms with Crippen LogP contribution in [0.3, 0.4) is 0 Å². The van der Waals surface area contributed by atoms with Crippen molar-refractivity contribution in [2.75, 3.05) is 37.3 Å². The van der Waals surface area contributed by atoms with E-state index < -0.39 is 0 Å². The summed E-state index contributed by atoms with van der Waals surface area (Å²) in [5.74, 6) is 1.45. The third-order valence-corrected chi connectivity index (χ3v) is 6.09. The molecular formula is C21H27N5O. The maximum Gasteiger partial charge on any atom is 0.229 e. The van der Waals surface area contributed by atoms with E-state index in [-0.39, 0.29) is 17.2 Å². The lowest BCUT2D eigenvalue weighted by Gasteiger charge is -2.49. The van der Waals surface area contributed by atoms with E-state index >= 15 is 0 Å². The highest BCUT2D eigenvalue weighted by atomic mass is 16.2. The fourth-order valence-corrected chi connectivity index (χ4v) is 4.69. The second-order valence-electron chi connectivity index (χ2n) is 8.07. The van der Waals surface area contributed by atoms with Crippen LogP contribution < -0.4 is 10.6 Å². The van der Waals surface area contributed by atoms with E-state index in [1.54, 1.807) is 0 Å². The summed E-state index contributed by atoms with van der Waals surface area (Å²) < 4.78 is 0. The molecule has 2 aliphatic heterocycles. The zero-order valence-electron chi connectivity index (χ0n) is 16.1. The molecule has 2 saturated heterocycles. The van der Waals surface area contributed by atoms with Gasteiger partial charge in [-0.15, -0.1) is 0 Å². The minimum absolute atomic E-state index is 0.0339. The monoisotopic (exact) mass is 365 g/mol. The Hall–Kier alpha value is -2.63. The summed E-state index contributed by atoms with van der Waals surface area (Å²) in [7, 11) is 1.94. The van der Waals surface area contributed by atoms with Crippen LogP contribution in [-0.4, -0.2) is 47.5 Å². The van der Waals surface area contributed by atoms with Crippen LogP contribution in [0.1, 0.15) is 36.4 Å². The van der Waals surface area contributed by atoms with Crippen molar-refractivity contribution in [3.8, 4) is 0 Å². The first-order valence-corrected chi connectivity index (χ1v) is 9.62. The van der Waals surface area contributed by atoms with Crippen molar-refractivity contribution in [1.82, 2.24) is 14.9 Å². The number of nitrogen functional groups attached to an aromatic ring is 1. The van der Waals surface area contributed by atoms with Gasteiger partial charge in [-0.1, -0.05) is 30.3 Å². The van der Waals surface area contributed by atoms with Crippen molar-refractivity contribution in [1.29, 1.82) is 0 Å². The molecule has 142 valence electrons. The van der Waals surface area contributed by atoms with Gasteiger partial charge in [0.15, 0.2) is 0 Å². The number of amides is 1. The van der Waals surface area contributed by atoms with Gasteiger partial charge < -0.3 is 15.5 Å². The number of likely N-dealkylation sites (tertiary alicyclic amines) is 1. The Morgan fingerprint density at radius 2 is 1.85 bits per heavy atom. The molecule has 3 heterocycles. The fourth-order valence-electron chi connectivity index (χ4n) is 4.69. The Labute approximate surface area is 160 Å². The number of hydrogen-bond donors (Lipinski definition) is 1. The molecule has 1 atom stereocenters. The second-order valence-corrected chi connectivity index (χ2v) is 8.07. The molecule has 1 aromatic carbocycles. The van der Waals surface area contributed by atoms with Crippen molar-refractivity contribution in [3.63, 3.8) is 0 Å². The minimum atomic E-state index is -0.0339. The van der Waals surface area contributed by atoms with Crippen molar-refractivity contribution >= 4 is 17.7 Å². The fraction of sp³-hybridized carbons (Fsp3) is 0.476. The van der Waals surface area contributed by atoms with E-state index in [2.05, 4.69) is 27.0 Å². The van der Waals surface area contributed by atoms with E-state index in [4.69, 9.17) is 5.73 Å². The van der Waals surface area contributed by atoms with Gasteiger partial charge in [0.05, 0.1) is 5.92 Å². The molecule has 0 saturated carbocycles. The Kier molecular flexibility index (Phi) is 4.50. The normalized spacial score (nSPS) is 22.3. The summed E-state index contributed by atoms with van der Waals surface area (Å²) in [6.45, 7) is 4.64. The minimum Gasteiger partial charge on any atom is -0.368 e. The van der Waals surface area contributed by atoms with Gasteiger partial charge in [0.25, 0.3) is 0 Å². The highest BCUT2D eigenvalue weighted by Crippen LogP contribution is 2.45. The van der Waals surface area contributed by atoms with Crippen molar-refractivity contribution in [2.45, 2.75) is 32.1 Å². The smallest absolute Gasteiger partial charge is 0.229 e. The average molecular weight is 365 g/mol. The average Bonchev–Trinajstić information content (AvgIpc) is 2.65. The quantitative estimate of drug-likeness (QED) is 0.885. The van der Waals surface area contributed by atoms with Crippen LogP contribution in [-0.2, 0) is 4.79 Å². The van der Waals surface area contributed by atoms with E-state index in [0.717, 1.165) is 56.0 Å². The number of likely N-dealkylation sites (N-methyl/N-ethyl adjacent to an activating group) is 1. The van der Waals surface area contributed by atoms with E-state index in [1.165, 1.54) is 0 Å². The van der Waals surface area contributed by atoms with Gasteiger partial charge in [0.2, 0.25) is 11.9 Å². The number of carbonyl (C=O) groups is 1. The Bertz CT molecular complexity index is 809. The SMILES string of the molecule is Cc1cc(N2CCC3(CC2)C[C@H](c2ccccc2)C(=O)N(C)C3)nc(N)n1. The van der Waals surface area contributed by atoms with Crippen molar-refractivity contribution in [3.05, 3.63) is 47.7 Å². The molecule has 0 radical (unpaired) electrons. The van der Waals surface area contributed by atoms with Gasteiger partial charge in [-0.25, -0.2) is 4.98 Å². The molecule has 27 heavy (non-hydrogen) atoms. The standard InChI is InChI=1S/C21H27N5O/c1-15-12-18(24-20(22)23-15)26-10-8-21(9-11-26)13-17(19(27)25(2)14-21)16-6-4-3-5-7-16/h3-7,12,17H,8-11,13-14H2,1-2H3,(H2,22,23,24)/t17-/m1/s1. The summed E-state index contributed by atoms with van der Waals surface area (Å²) in [6, 6.07) is 12.2. The molecule has 1 amide bonds. The Morgan fingerprint density at radius 3 is 2.52 bits per heavy atom. The van der Waals surface area contributed by atoms with Crippen LogP contribution in [0.2, 0.25) is 0 Å². The number of benzene rings is 1. The van der Waals surface area contributed by atoms with Crippen LogP contribution in [0.25, 0.3) is 0 Å². The number of rotatable bonds is 2. The van der Waals surface area contributed by atoms with Crippen LogP contribution >= 0.6 is 0 Å². The highest BCUT2D eigenvalue weighted by Gasteiger charge is 2.45. The second kappa shape index (κ2) is 6.83. The molecule has 6 heteroatoms. The molecule has 1 aromatic heterocycles. The number of nitrogens with two attached hydrogens (primary N) is 1. The molecule has 6 nitrogen and oxygen atoms in total. The summed E-state index contributed by atoms with van der Waals surface area (Å²) in [4.78, 5) is 25.6. The molecule has 0 bridgehead atoms. The van der Waals surface area contributed by atoms with Gasteiger partial charge in [-0.3, -0.25) is 4.79 Å². The van der Waals surface area contributed by atoms with E-state index in [1.807, 2.05) is 43.1 Å². The molecule has 2 fully saturated rings. The topological polar surface area (TPSA) is 75.4 Å². The highest BCUT2D eigenvalue weighted by molar-refractivity contribution is 5.84. The van der Waals surface area contributed by atoms with Gasteiger partial charge >= 0.3 is 0 Å². The summed E-state index contributed by atoms with van der Waals surface area (Å²) in [5, 5.41) is 0. The lowest BCUT2D eigenvalue weighted by molar-refractivity contribution is -0.138. The number of aromatic nitrogens is 2. The largest absolute Gasteiger partial charge is 0.368 e. The number of hydrogen-bond acceptors (Lipinski definition) is 5. The van der Waals surface area contributed by atoms with Gasteiger partial charge in [0.1, 0.15) is 5.82 Å². The Morgan fingerprint density at radius 1 is 1.15 bits per heavy atom. The van der Waals surface area contributed by atoms with E-state index in [0.29, 0.717) is 5.95 Å². The van der Waals surface area contributed by atoms with Gasteiger partial charge in [-0.2, -0.15) is 4.98 Å². The van der Waals surface area contributed by atoms with Crippen LogP contribution in [0.15, 0.2) is 36.4 Å². The van der Waals surface area contributed by atoms with E-state index in [9.17, 15) is 4.79 Å². The molecular weight excluding hydrogens is 338 g/mol. The third kappa shape index (κ3) is 3.48. The lowest BCUT2D eigenvalue weighted by Crippen LogP contribution is -2.53. The zero-order valence-corrected chi connectivity index (χ0v) is 16.1. The molecule has 4 rings (SSSR count). The number of carbonyl (C=O) groups excluding carboxylic acids is 1. The van der Waals surface area contributed by atoms with Crippen LogP contribution in [0.5, 0.6) is 0 Å².